The van der Waals surface area contributed by atoms with E-state index >= 15 is 0 Å². The minimum absolute atomic E-state index is 0.0971. The lowest BCUT2D eigenvalue weighted by Gasteiger charge is -2.32. The molecule has 2 rings (SSSR count). The zero-order valence-electron chi connectivity index (χ0n) is 13.2. The Labute approximate surface area is 138 Å². The van der Waals surface area contributed by atoms with Gasteiger partial charge < -0.3 is 16.0 Å². The van der Waals surface area contributed by atoms with Gasteiger partial charge in [0.05, 0.1) is 6.04 Å². The van der Waals surface area contributed by atoms with E-state index in [0.717, 1.165) is 37.6 Å². The summed E-state index contributed by atoms with van der Waals surface area (Å²) in [5.41, 5.74) is 7.22. The summed E-state index contributed by atoms with van der Waals surface area (Å²) in [6.07, 6.45) is 2.97. The van der Waals surface area contributed by atoms with Gasteiger partial charge in [0.1, 0.15) is 0 Å². The summed E-state index contributed by atoms with van der Waals surface area (Å²) in [6, 6.07) is 7.35. The number of nitrogens with one attached hydrogen (secondary N) is 1. The number of hydrogen-bond donors (Lipinski definition) is 2. The predicted molar refractivity (Wildman–Crippen MR) is 90.7 cm³/mol. The van der Waals surface area contributed by atoms with Crippen LogP contribution in [0.3, 0.4) is 0 Å². The summed E-state index contributed by atoms with van der Waals surface area (Å²) in [4.78, 5) is 14.2. The molecule has 0 radical (unpaired) electrons. The van der Waals surface area contributed by atoms with Crippen LogP contribution in [0.15, 0.2) is 24.3 Å². The van der Waals surface area contributed by atoms with E-state index in [1.807, 2.05) is 29.2 Å². The van der Waals surface area contributed by atoms with Crippen molar-refractivity contribution in [1.82, 2.24) is 10.2 Å². The van der Waals surface area contributed by atoms with Crippen molar-refractivity contribution in [3.8, 4) is 0 Å². The lowest BCUT2D eigenvalue weighted by atomic mass is 9.99. The van der Waals surface area contributed by atoms with Gasteiger partial charge in [-0.25, -0.2) is 0 Å². The second kappa shape index (κ2) is 8.51. The Morgan fingerprint density at radius 2 is 2.18 bits per heavy atom. The number of nitrogens with zero attached hydrogens (tertiary/aromatic N) is 1. The second-order valence-corrected chi connectivity index (χ2v) is 6.67. The van der Waals surface area contributed by atoms with E-state index in [0.29, 0.717) is 12.3 Å². The Morgan fingerprint density at radius 3 is 2.86 bits per heavy atom. The highest BCUT2D eigenvalue weighted by molar-refractivity contribution is 6.30. The van der Waals surface area contributed by atoms with E-state index in [4.69, 9.17) is 17.3 Å². The number of benzene rings is 1. The summed E-state index contributed by atoms with van der Waals surface area (Å²) in [5, 5.41) is 4.07. The summed E-state index contributed by atoms with van der Waals surface area (Å²) >= 11 is 5.85. The maximum absolute atomic E-state index is 12.3. The van der Waals surface area contributed by atoms with E-state index in [1.165, 1.54) is 12.0 Å². The van der Waals surface area contributed by atoms with Crippen molar-refractivity contribution < 1.29 is 4.79 Å². The molecule has 122 valence electrons. The van der Waals surface area contributed by atoms with Crippen LogP contribution in [0.2, 0.25) is 5.02 Å². The van der Waals surface area contributed by atoms with Gasteiger partial charge in [0, 0.05) is 24.7 Å². The van der Waals surface area contributed by atoms with Crippen molar-refractivity contribution in [1.29, 1.82) is 0 Å². The zero-order valence-corrected chi connectivity index (χ0v) is 14.0. The molecule has 4 nitrogen and oxygen atoms in total. The summed E-state index contributed by atoms with van der Waals surface area (Å²) in [7, 11) is 0. The number of nitrogens with two attached hydrogens (primary N) is 1. The molecule has 0 aromatic heterocycles. The molecule has 2 atom stereocenters. The third-order valence-electron chi connectivity index (χ3n) is 4.16. The Morgan fingerprint density at radius 1 is 1.45 bits per heavy atom. The average molecular weight is 324 g/mol. The highest BCUT2D eigenvalue weighted by Gasteiger charge is 2.24. The van der Waals surface area contributed by atoms with Crippen LogP contribution >= 0.6 is 11.6 Å². The quantitative estimate of drug-likeness (QED) is 0.790. The van der Waals surface area contributed by atoms with Crippen molar-refractivity contribution in [3.05, 3.63) is 34.9 Å². The monoisotopic (exact) mass is 323 g/mol. The maximum Gasteiger partial charge on any atom is 0.239 e. The molecule has 0 spiro atoms. The van der Waals surface area contributed by atoms with Gasteiger partial charge in [-0.3, -0.25) is 4.79 Å². The van der Waals surface area contributed by atoms with Crippen molar-refractivity contribution in [3.63, 3.8) is 0 Å². The highest BCUT2D eigenvalue weighted by atomic mass is 35.5. The molecule has 1 amide bonds. The largest absolute Gasteiger partial charge is 0.341 e. The fourth-order valence-corrected chi connectivity index (χ4v) is 2.97. The number of piperidine rings is 1. The number of rotatable bonds is 6. The van der Waals surface area contributed by atoms with Crippen LogP contribution in [0.1, 0.15) is 31.7 Å². The lowest BCUT2D eigenvalue weighted by molar-refractivity contribution is -0.134. The van der Waals surface area contributed by atoms with E-state index in [-0.39, 0.29) is 5.91 Å². The standard InChI is InChI=1S/C17H26ClN3O/c1-13-3-2-10-21(12-13)17(22)16(19)8-9-20-11-14-4-6-15(18)7-5-14/h4-7,13,16,20H,2-3,8-12,19H2,1H3/t13?,16-/m0/s1. The first-order valence-corrected chi connectivity index (χ1v) is 8.43. The van der Waals surface area contributed by atoms with Gasteiger partial charge in [-0.1, -0.05) is 30.7 Å². The molecule has 5 heteroatoms. The predicted octanol–water partition coefficient (Wildman–Crippen LogP) is 2.41. The van der Waals surface area contributed by atoms with Crippen molar-refractivity contribution in [2.45, 2.75) is 38.8 Å². The molecule has 0 saturated carbocycles. The van der Waals surface area contributed by atoms with Gasteiger partial charge in [-0.2, -0.15) is 0 Å². The Balaban J connectivity index is 1.67. The third kappa shape index (κ3) is 5.27. The number of carbonyl (C=O) groups excluding carboxylic acids is 1. The summed E-state index contributed by atoms with van der Waals surface area (Å²) in [6.45, 7) is 5.40. The number of halogens is 1. The molecule has 0 aliphatic carbocycles. The molecule has 1 aliphatic heterocycles. The van der Waals surface area contributed by atoms with Crippen LogP contribution in [0.25, 0.3) is 0 Å². The van der Waals surface area contributed by atoms with Gasteiger partial charge in [0.2, 0.25) is 5.91 Å². The van der Waals surface area contributed by atoms with E-state index in [9.17, 15) is 4.79 Å². The van der Waals surface area contributed by atoms with Gasteiger partial charge in [0.25, 0.3) is 0 Å². The fourth-order valence-electron chi connectivity index (χ4n) is 2.84. The van der Waals surface area contributed by atoms with Gasteiger partial charge in [-0.05, 0) is 49.4 Å². The zero-order chi connectivity index (χ0) is 15.9. The van der Waals surface area contributed by atoms with Crippen LogP contribution in [0.5, 0.6) is 0 Å². The Hall–Kier alpha value is -1.10. The molecule has 3 N–H and O–H groups in total. The van der Waals surface area contributed by atoms with Crippen LogP contribution in [-0.2, 0) is 11.3 Å². The van der Waals surface area contributed by atoms with Crippen LogP contribution < -0.4 is 11.1 Å². The van der Waals surface area contributed by atoms with E-state index in [2.05, 4.69) is 12.2 Å². The number of likely N-dealkylation sites (tertiary alicyclic amines) is 1. The van der Waals surface area contributed by atoms with Crippen molar-refractivity contribution in [2.75, 3.05) is 19.6 Å². The third-order valence-corrected chi connectivity index (χ3v) is 4.41. The molecular formula is C17H26ClN3O. The van der Waals surface area contributed by atoms with Crippen molar-refractivity contribution >= 4 is 17.5 Å². The molecule has 1 saturated heterocycles. The van der Waals surface area contributed by atoms with Gasteiger partial charge >= 0.3 is 0 Å². The van der Waals surface area contributed by atoms with Crippen molar-refractivity contribution in [2.24, 2.45) is 11.7 Å². The molecule has 1 aromatic rings. The Kier molecular flexibility index (Phi) is 6.68. The topological polar surface area (TPSA) is 58.4 Å². The SMILES string of the molecule is CC1CCCN(C(=O)[C@@H](N)CCNCc2ccc(Cl)cc2)C1. The maximum atomic E-state index is 12.3. The molecule has 1 aromatic carbocycles. The van der Waals surface area contributed by atoms with Crippen LogP contribution in [-0.4, -0.2) is 36.5 Å². The van der Waals surface area contributed by atoms with Gasteiger partial charge in [-0.15, -0.1) is 0 Å². The van der Waals surface area contributed by atoms with Gasteiger partial charge in [0.15, 0.2) is 0 Å². The number of amides is 1. The summed E-state index contributed by atoms with van der Waals surface area (Å²) in [5.74, 6) is 0.688. The molecular weight excluding hydrogens is 298 g/mol. The molecule has 1 unspecified atom stereocenters. The lowest BCUT2D eigenvalue weighted by Crippen LogP contribution is -2.48. The first kappa shape index (κ1) is 17.3. The minimum atomic E-state index is -0.400. The molecule has 0 bridgehead atoms. The normalized spacial score (nSPS) is 20.0. The van der Waals surface area contributed by atoms with Crippen LogP contribution in [0.4, 0.5) is 0 Å². The van der Waals surface area contributed by atoms with Crippen LogP contribution in [0, 0.1) is 5.92 Å². The highest BCUT2D eigenvalue weighted by Crippen LogP contribution is 2.16. The fraction of sp³-hybridized carbons (Fsp3) is 0.588. The molecule has 1 aliphatic rings. The van der Waals surface area contributed by atoms with E-state index in [1.54, 1.807) is 0 Å². The number of carbonyl (C=O) groups is 1. The number of hydrogen-bond acceptors (Lipinski definition) is 3. The minimum Gasteiger partial charge on any atom is -0.341 e. The van der Waals surface area contributed by atoms with E-state index < -0.39 is 6.04 Å². The first-order chi connectivity index (χ1) is 10.6. The molecule has 1 heterocycles. The second-order valence-electron chi connectivity index (χ2n) is 6.23. The first-order valence-electron chi connectivity index (χ1n) is 8.06. The average Bonchev–Trinajstić information content (AvgIpc) is 2.52. The molecule has 1 fully saturated rings. The molecule has 22 heavy (non-hydrogen) atoms. The summed E-state index contributed by atoms with van der Waals surface area (Å²) < 4.78 is 0. The Bertz CT molecular complexity index is 477. The smallest absolute Gasteiger partial charge is 0.239 e.